The third-order valence-electron chi connectivity index (χ3n) is 4.47. The van der Waals surface area contributed by atoms with Crippen LogP contribution in [0.25, 0.3) is 0 Å². The van der Waals surface area contributed by atoms with Crippen molar-refractivity contribution in [3.63, 3.8) is 0 Å². The van der Waals surface area contributed by atoms with E-state index in [1.165, 1.54) is 5.56 Å². The summed E-state index contributed by atoms with van der Waals surface area (Å²) < 4.78 is 12.0. The van der Waals surface area contributed by atoms with Gasteiger partial charge in [-0.2, -0.15) is 11.8 Å². The summed E-state index contributed by atoms with van der Waals surface area (Å²) in [5.41, 5.74) is 2.02. The van der Waals surface area contributed by atoms with E-state index in [1.807, 2.05) is 47.0 Å². The van der Waals surface area contributed by atoms with Crippen molar-refractivity contribution in [1.29, 1.82) is 0 Å². The van der Waals surface area contributed by atoms with E-state index in [1.54, 1.807) is 0 Å². The smallest absolute Gasteiger partial charge is 0.253 e. The Kier molecular flexibility index (Phi) is 5.08. The molecule has 0 N–H and O–H groups in total. The first-order valence-corrected chi connectivity index (χ1v) is 10.4. The van der Waals surface area contributed by atoms with Gasteiger partial charge in [0.05, 0.1) is 0 Å². The van der Waals surface area contributed by atoms with Crippen molar-refractivity contribution in [1.82, 2.24) is 4.90 Å². The van der Waals surface area contributed by atoms with Crippen LogP contribution in [0.4, 0.5) is 0 Å². The van der Waals surface area contributed by atoms with Gasteiger partial charge < -0.3 is 14.4 Å². The molecule has 1 amide bonds. The molecule has 2 aliphatic heterocycles. The van der Waals surface area contributed by atoms with Gasteiger partial charge in [0.15, 0.2) is 11.5 Å². The Morgan fingerprint density at radius 3 is 2.88 bits per heavy atom. The molecule has 2 aromatic carbocycles. The molecule has 1 saturated heterocycles. The van der Waals surface area contributed by atoms with E-state index in [-0.39, 0.29) is 5.91 Å². The van der Waals surface area contributed by atoms with Crippen LogP contribution in [0.2, 0.25) is 0 Å². The van der Waals surface area contributed by atoms with E-state index in [9.17, 15) is 4.79 Å². The molecule has 0 aliphatic carbocycles. The highest BCUT2D eigenvalue weighted by molar-refractivity contribution is 14.1. The number of ether oxygens (including phenoxy) is 2. The SMILES string of the molecule is O=C(c1cccc(I)c1)N1CCSC(c2ccc3c(c2)OCO3)CC1. The zero-order chi connectivity index (χ0) is 17.2. The van der Waals surface area contributed by atoms with Crippen LogP contribution < -0.4 is 9.47 Å². The first kappa shape index (κ1) is 17.0. The predicted octanol–water partition coefficient (Wildman–Crippen LogP) is 4.34. The molecule has 1 fully saturated rings. The molecule has 2 heterocycles. The van der Waals surface area contributed by atoms with Crippen molar-refractivity contribution in [3.05, 3.63) is 57.2 Å². The van der Waals surface area contributed by atoms with Gasteiger partial charge in [0.1, 0.15) is 0 Å². The summed E-state index contributed by atoms with van der Waals surface area (Å²) in [6, 6.07) is 14.0. The lowest BCUT2D eigenvalue weighted by Crippen LogP contribution is -2.33. The Balaban J connectivity index is 1.46. The second-order valence-corrected chi connectivity index (χ2v) is 8.62. The molecule has 0 bridgehead atoms. The maximum Gasteiger partial charge on any atom is 0.253 e. The zero-order valence-electron chi connectivity index (χ0n) is 13.6. The Hall–Kier alpha value is -1.41. The van der Waals surface area contributed by atoms with Gasteiger partial charge in [0, 0.05) is 33.2 Å². The lowest BCUT2D eigenvalue weighted by molar-refractivity contribution is 0.0766. The highest BCUT2D eigenvalue weighted by Gasteiger charge is 2.24. The second kappa shape index (κ2) is 7.45. The molecule has 0 saturated carbocycles. The normalized spacial score (nSPS) is 19.6. The summed E-state index contributed by atoms with van der Waals surface area (Å²) in [6.45, 7) is 1.86. The summed E-state index contributed by atoms with van der Waals surface area (Å²) in [6.07, 6.45) is 0.944. The molecule has 1 unspecified atom stereocenters. The van der Waals surface area contributed by atoms with Gasteiger partial charge in [-0.3, -0.25) is 4.79 Å². The molecule has 130 valence electrons. The van der Waals surface area contributed by atoms with Gasteiger partial charge in [-0.1, -0.05) is 12.1 Å². The van der Waals surface area contributed by atoms with Crippen LogP contribution in [0.1, 0.15) is 27.6 Å². The minimum atomic E-state index is 0.130. The number of carbonyl (C=O) groups is 1. The van der Waals surface area contributed by atoms with Gasteiger partial charge in [-0.05, 0) is 64.9 Å². The Labute approximate surface area is 165 Å². The topological polar surface area (TPSA) is 38.8 Å². The van der Waals surface area contributed by atoms with Crippen molar-refractivity contribution >= 4 is 40.3 Å². The minimum absolute atomic E-state index is 0.130. The maximum atomic E-state index is 12.8. The van der Waals surface area contributed by atoms with Crippen LogP contribution in [0.3, 0.4) is 0 Å². The Bertz CT molecular complexity index is 798. The molecular weight excluding hydrogens is 449 g/mol. The quantitative estimate of drug-likeness (QED) is 0.617. The molecule has 0 spiro atoms. The summed E-state index contributed by atoms with van der Waals surface area (Å²) in [4.78, 5) is 14.8. The van der Waals surface area contributed by atoms with Gasteiger partial charge in [0.25, 0.3) is 5.91 Å². The molecular formula is C19H18INO3S. The van der Waals surface area contributed by atoms with Crippen LogP contribution in [0.15, 0.2) is 42.5 Å². The van der Waals surface area contributed by atoms with E-state index in [4.69, 9.17) is 9.47 Å². The summed E-state index contributed by atoms with van der Waals surface area (Å²) >= 11 is 4.16. The number of nitrogens with zero attached hydrogens (tertiary/aromatic N) is 1. The van der Waals surface area contributed by atoms with Crippen molar-refractivity contribution in [3.8, 4) is 11.5 Å². The molecule has 2 aliphatic rings. The summed E-state index contributed by atoms with van der Waals surface area (Å²) in [7, 11) is 0. The predicted molar refractivity (Wildman–Crippen MR) is 107 cm³/mol. The Morgan fingerprint density at radius 2 is 2.00 bits per heavy atom. The van der Waals surface area contributed by atoms with E-state index in [0.29, 0.717) is 12.0 Å². The molecule has 0 radical (unpaired) electrons. The summed E-state index contributed by atoms with van der Waals surface area (Å²) in [5.74, 6) is 2.71. The maximum absolute atomic E-state index is 12.8. The fourth-order valence-electron chi connectivity index (χ4n) is 3.16. The highest BCUT2D eigenvalue weighted by Crippen LogP contribution is 2.40. The first-order valence-electron chi connectivity index (χ1n) is 8.27. The number of halogens is 1. The van der Waals surface area contributed by atoms with Crippen molar-refractivity contribution in [2.45, 2.75) is 11.7 Å². The summed E-state index contributed by atoms with van der Waals surface area (Å²) in [5, 5.41) is 0.378. The van der Waals surface area contributed by atoms with Crippen molar-refractivity contribution < 1.29 is 14.3 Å². The lowest BCUT2D eigenvalue weighted by Gasteiger charge is -2.20. The van der Waals surface area contributed by atoms with Crippen LogP contribution >= 0.6 is 34.4 Å². The minimum Gasteiger partial charge on any atom is -0.454 e. The number of amides is 1. The van der Waals surface area contributed by atoms with Gasteiger partial charge in [0.2, 0.25) is 6.79 Å². The number of hydrogen-bond donors (Lipinski definition) is 0. The third-order valence-corrected chi connectivity index (χ3v) is 6.47. The number of benzene rings is 2. The number of thioether (sulfide) groups is 1. The second-order valence-electron chi connectivity index (χ2n) is 6.06. The number of hydrogen-bond acceptors (Lipinski definition) is 4. The van der Waals surface area contributed by atoms with Crippen LogP contribution in [0.5, 0.6) is 11.5 Å². The molecule has 2 aromatic rings. The third kappa shape index (κ3) is 3.74. The monoisotopic (exact) mass is 467 g/mol. The largest absolute Gasteiger partial charge is 0.454 e. The van der Waals surface area contributed by atoms with Crippen LogP contribution in [0, 0.1) is 3.57 Å². The van der Waals surface area contributed by atoms with Crippen molar-refractivity contribution in [2.24, 2.45) is 0 Å². The average molecular weight is 467 g/mol. The number of rotatable bonds is 2. The van der Waals surface area contributed by atoms with Crippen LogP contribution in [-0.2, 0) is 0 Å². The first-order chi connectivity index (χ1) is 12.2. The standard InChI is InChI=1S/C19H18INO3S/c20-15-3-1-2-14(10-15)19(22)21-7-6-18(25-9-8-21)13-4-5-16-17(11-13)24-12-23-16/h1-5,10-11,18H,6-9,12H2. The van der Waals surface area contributed by atoms with Crippen LogP contribution in [-0.4, -0.2) is 36.4 Å². The molecule has 4 nitrogen and oxygen atoms in total. The fourth-order valence-corrected chi connectivity index (χ4v) is 4.92. The highest BCUT2D eigenvalue weighted by atomic mass is 127. The van der Waals surface area contributed by atoms with E-state index in [0.717, 1.165) is 45.9 Å². The molecule has 6 heteroatoms. The van der Waals surface area contributed by atoms with E-state index in [2.05, 4.69) is 34.7 Å². The number of carbonyl (C=O) groups excluding carboxylic acids is 1. The molecule has 4 rings (SSSR count). The van der Waals surface area contributed by atoms with Gasteiger partial charge >= 0.3 is 0 Å². The average Bonchev–Trinajstić information content (AvgIpc) is 2.96. The molecule has 1 atom stereocenters. The number of fused-ring (bicyclic) bond motifs is 1. The van der Waals surface area contributed by atoms with E-state index >= 15 is 0 Å². The van der Waals surface area contributed by atoms with Crippen molar-refractivity contribution in [2.75, 3.05) is 25.6 Å². The van der Waals surface area contributed by atoms with E-state index < -0.39 is 0 Å². The molecule has 0 aromatic heterocycles. The van der Waals surface area contributed by atoms with Gasteiger partial charge in [-0.25, -0.2) is 0 Å². The zero-order valence-corrected chi connectivity index (χ0v) is 16.6. The Morgan fingerprint density at radius 1 is 1.12 bits per heavy atom. The molecule has 25 heavy (non-hydrogen) atoms. The van der Waals surface area contributed by atoms with Gasteiger partial charge in [-0.15, -0.1) is 0 Å². The lowest BCUT2D eigenvalue weighted by atomic mass is 10.1. The fraction of sp³-hybridized carbons (Fsp3) is 0.316.